The van der Waals surface area contributed by atoms with Crippen molar-refractivity contribution in [3.05, 3.63) is 35.8 Å². The summed E-state index contributed by atoms with van der Waals surface area (Å²) in [4.78, 5) is 65.0. The van der Waals surface area contributed by atoms with E-state index in [0.717, 1.165) is 18.1 Å². The highest BCUT2D eigenvalue weighted by atomic mass is 32.2. The van der Waals surface area contributed by atoms with E-state index in [1.807, 2.05) is 0 Å². The average Bonchev–Trinajstić information content (AvgIpc) is 4.06. The van der Waals surface area contributed by atoms with Crippen LogP contribution in [0.5, 0.6) is 11.6 Å². The van der Waals surface area contributed by atoms with Crippen molar-refractivity contribution < 1.29 is 77.3 Å². The topological polar surface area (TPSA) is 204 Å². The molecule has 3 fully saturated rings. The van der Waals surface area contributed by atoms with Crippen molar-refractivity contribution in [2.75, 3.05) is 27.4 Å². The molecule has 4 aliphatic rings. The fraction of sp³-hybridized carbons (Fsp3) is 0.650. The minimum absolute atomic E-state index is 0.0734. The van der Waals surface area contributed by atoms with E-state index >= 15 is 0 Å². The largest absolute Gasteiger partial charge is 0.494 e. The molecule has 4 amide bonds. The van der Waals surface area contributed by atoms with Crippen molar-refractivity contribution >= 4 is 44.9 Å². The summed E-state index contributed by atoms with van der Waals surface area (Å²) >= 11 is 0. The van der Waals surface area contributed by atoms with Crippen molar-refractivity contribution in [2.24, 2.45) is 17.8 Å². The molecule has 16 nitrogen and oxygen atoms in total. The Hall–Kier alpha value is -5.00. The molecule has 2 aliphatic carbocycles. The minimum Gasteiger partial charge on any atom is -0.494 e. The van der Waals surface area contributed by atoms with Crippen LogP contribution in [0.15, 0.2) is 24.3 Å². The highest BCUT2D eigenvalue weighted by molar-refractivity contribution is 7.91. The molecule has 0 bridgehead atoms. The first kappa shape index (κ1) is 48.5. The number of halogens is 7. The third kappa shape index (κ3) is 9.96. The molecule has 24 heteroatoms. The molecule has 6 rings (SSSR count). The number of alkyl carbamates (subject to hydrolysis) is 1. The van der Waals surface area contributed by atoms with Gasteiger partial charge in [-0.3, -0.25) is 19.1 Å². The Labute approximate surface area is 363 Å². The van der Waals surface area contributed by atoms with E-state index in [9.17, 15) is 58.3 Å². The zero-order valence-electron chi connectivity index (χ0n) is 35.6. The molecule has 2 aromatic rings. The van der Waals surface area contributed by atoms with Crippen LogP contribution in [-0.4, -0.2) is 115 Å². The molecule has 1 aromatic heterocycles. The lowest BCUT2D eigenvalue weighted by Crippen LogP contribution is -2.60. The highest BCUT2D eigenvalue weighted by Crippen LogP contribution is 2.48. The standard InChI is InChI=1S/C40H49F7N6O10S/c1-20-9-7-8-10-22-17-38(22,34(56)52-64(58,59)37(4)11-12-37)51-31(54)27-14-23(62-32-30(39(42,43)44)48-25-15-24(41)28(61-6)16-26(25)49-32)18-53(27)33(55)29(21(13-20)19-60-5)50-35(57)63-36(2,3)40(45,46)47/h8,10,15-16,20-23,27,29H,7,9,11-14,17-19H2,1-6H3,(H,50,57)(H,51,54)(H,52,56)/b10-8-/t20-,21-,22+,23+,27-,29-,38+/m0/s1. The third-order valence-corrected chi connectivity index (χ3v) is 14.4. The number of hydrogen-bond acceptors (Lipinski definition) is 12. The number of methoxy groups -OCH3 is 2. The lowest BCUT2D eigenvalue weighted by molar-refractivity contribution is -0.244. The average molecular weight is 939 g/mol. The predicted molar refractivity (Wildman–Crippen MR) is 210 cm³/mol. The molecule has 1 saturated heterocycles. The molecule has 0 unspecified atom stereocenters. The summed E-state index contributed by atoms with van der Waals surface area (Å²) in [7, 11) is -1.84. The van der Waals surface area contributed by atoms with Gasteiger partial charge in [0.25, 0.3) is 5.91 Å². The van der Waals surface area contributed by atoms with E-state index in [2.05, 4.69) is 25.3 Å². The maximum atomic E-state index is 14.9. The number of fused-ring (bicyclic) bond motifs is 3. The summed E-state index contributed by atoms with van der Waals surface area (Å²) in [6.45, 7) is 3.46. The first-order valence-electron chi connectivity index (χ1n) is 20.4. The van der Waals surface area contributed by atoms with Gasteiger partial charge in [0, 0.05) is 37.5 Å². The summed E-state index contributed by atoms with van der Waals surface area (Å²) in [6, 6.07) is -1.86. The third-order valence-electron chi connectivity index (χ3n) is 12.2. The summed E-state index contributed by atoms with van der Waals surface area (Å²) in [5.74, 6) is -7.78. The van der Waals surface area contributed by atoms with Crippen molar-refractivity contribution in [1.82, 2.24) is 30.2 Å². The number of carbonyl (C=O) groups is 4. The van der Waals surface area contributed by atoms with E-state index < -0.39 is 128 Å². The van der Waals surface area contributed by atoms with Gasteiger partial charge in [-0.25, -0.2) is 27.6 Å². The summed E-state index contributed by atoms with van der Waals surface area (Å²) < 4.78 is 148. The van der Waals surface area contributed by atoms with Gasteiger partial charge in [-0.05, 0) is 65.2 Å². The highest BCUT2D eigenvalue weighted by Gasteiger charge is 2.63. The first-order valence-corrected chi connectivity index (χ1v) is 21.8. The van der Waals surface area contributed by atoms with Crippen LogP contribution in [0.4, 0.5) is 35.5 Å². The van der Waals surface area contributed by atoms with Crippen molar-refractivity contribution in [1.29, 1.82) is 0 Å². The Kier molecular flexibility index (Phi) is 13.2. The van der Waals surface area contributed by atoms with Gasteiger partial charge in [0.05, 0.1) is 36.0 Å². The van der Waals surface area contributed by atoms with Crippen LogP contribution in [0.3, 0.4) is 0 Å². The number of ether oxygens (including phenoxy) is 4. The van der Waals surface area contributed by atoms with Crippen molar-refractivity contribution in [3.8, 4) is 11.6 Å². The van der Waals surface area contributed by atoms with Gasteiger partial charge in [0.1, 0.15) is 23.7 Å². The van der Waals surface area contributed by atoms with Crippen LogP contribution >= 0.6 is 0 Å². The lowest BCUT2D eigenvalue weighted by atomic mass is 9.87. The Morgan fingerprint density at radius 3 is 2.31 bits per heavy atom. The Morgan fingerprint density at radius 1 is 1.03 bits per heavy atom. The van der Waals surface area contributed by atoms with Gasteiger partial charge >= 0.3 is 18.4 Å². The Bertz CT molecular complexity index is 2310. The van der Waals surface area contributed by atoms with Gasteiger partial charge in [0.15, 0.2) is 11.6 Å². The molecule has 64 heavy (non-hydrogen) atoms. The van der Waals surface area contributed by atoms with Gasteiger partial charge in [-0.1, -0.05) is 19.1 Å². The SMILES string of the molecule is COC[C@@H]1C[C@@H](C)CC/C=C\[C@@H]2C[C@@]2(C(=O)NS(=O)(=O)C2(C)CC2)NC(=O)[C@@H]2C[C@@H](Oc3nc4cc(OC)c(F)cc4nc3C(F)(F)F)CN2C(=O)[C@H]1NC(=O)OC(C)(C)C(F)(F)F. The van der Waals surface area contributed by atoms with Gasteiger partial charge in [-0.15, -0.1) is 0 Å². The summed E-state index contributed by atoms with van der Waals surface area (Å²) in [6.07, 6.45) is -9.25. The van der Waals surface area contributed by atoms with E-state index in [4.69, 9.17) is 18.9 Å². The molecular weight excluding hydrogens is 890 g/mol. The molecule has 2 saturated carbocycles. The number of nitrogens with one attached hydrogen (secondary N) is 3. The monoisotopic (exact) mass is 938 g/mol. The van der Waals surface area contributed by atoms with Gasteiger partial charge < -0.3 is 34.5 Å². The van der Waals surface area contributed by atoms with Crippen LogP contribution in [0.2, 0.25) is 0 Å². The number of hydrogen-bond donors (Lipinski definition) is 3. The van der Waals surface area contributed by atoms with Crippen LogP contribution in [0, 0.1) is 23.6 Å². The molecular formula is C40H49F7N6O10S. The fourth-order valence-electron chi connectivity index (χ4n) is 7.86. The van der Waals surface area contributed by atoms with Crippen molar-refractivity contribution in [2.45, 2.75) is 119 Å². The van der Waals surface area contributed by atoms with E-state index in [-0.39, 0.29) is 49.5 Å². The number of aromatic nitrogens is 2. The number of carbonyl (C=O) groups excluding carboxylic acids is 4. The molecule has 7 atom stereocenters. The molecule has 2 aliphatic heterocycles. The Morgan fingerprint density at radius 2 is 1.70 bits per heavy atom. The van der Waals surface area contributed by atoms with Gasteiger partial charge in [-0.2, -0.15) is 26.3 Å². The molecule has 0 spiro atoms. The quantitative estimate of drug-likeness (QED) is 0.211. The van der Waals surface area contributed by atoms with Crippen LogP contribution in [0.25, 0.3) is 11.0 Å². The molecule has 0 radical (unpaired) electrons. The maximum absolute atomic E-state index is 14.9. The second-order valence-electron chi connectivity index (χ2n) is 17.6. The normalized spacial score (nSPS) is 28.1. The van der Waals surface area contributed by atoms with E-state index in [0.29, 0.717) is 32.8 Å². The maximum Gasteiger partial charge on any atom is 0.438 e. The van der Waals surface area contributed by atoms with Crippen LogP contribution < -0.4 is 24.8 Å². The second-order valence-corrected chi connectivity index (χ2v) is 19.8. The van der Waals surface area contributed by atoms with Crippen molar-refractivity contribution in [3.63, 3.8) is 0 Å². The van der Waals surface area contributed by atoms with E-state index in [1.165, 1.54) is 14.0 Å². The number of allylic oxidation sites excluding steroid dienone is 1. The zero-order chi connectivity index (χ0) is 47.4. The van der Waals surface area contributed by atoms with Gasteiger partial charge in [0.2, 0.25) is 39.0 Å². The number of alkyl halides is 6. The number of nitrogens with zero attached hydrogens (tertiary/aromatic N) is 3. The number of rotatable bonds is 10. The number of sulfonamides is 1. The molecule has 3 N–H and O–H groups in total. The lowest BCUT2D eigenvalue weighted by Gasteiger charge is -2.35. The summed E-state index contributed by atoms with van der Waals surface area (Å²) in [5.41, 5.74) is -7.41. The molecule has 1 aromatic carbocycles. The first-order chi connectivity index (χ1) is 29.6. The number of amides is 4. The predicted octanol–water partition coefficient (Wildman–Crippen LogP) is 5.09. The molecule has 3 heterocycles. The fourth-order valence-corrected chi connectivity index (χ4v) is 9.17. The smallest absolute Gasteiger partial charge is 0.438 e. The second kappa shape index (κ2) is 17.4. The molecule has 354 valence electrons. The number of benzene rings is 1. The van der Waals surface area contributed by atoms with Crippen LogP contribution in [0.1, 0.15) is 78.3 Å². The Balaban J connectivity index is 1.42. The van der Waals surface area contributed by atoms with Crippen LogP contribution in [-0.2, 0) is 40.1 Å². The van der Waals surface area contributed by atoms with E-state index in [1.54, 1.807) is 19.1 Å². The minimum atomic E-state index is -5.24. The zero-order valence-corrected chi connectivity index (χ0v) is 36.4. The summed E-state index contributed by atoms with van der Waals surface area (Å²) in [5, 5.41) is 4.82.